The Bertz CT molecular complexity index is 456. The molecule has 19 heavy (non-hydrogen) atoms. The highest BCUT2D eigenvalue weighted by atomic mass is 127. The topological polar surface area (TPSA) is 54.5 Å². The lowest BCUT2D eigenvalue weighted by Gasteiger charge is -2.16. The molecular weight excluding hydrogens is 392 g/mol. The standard InChI is InChI=1S/C10H13F3N4S.HI/c1-17(6-2-3-6)9(14)15-4-8-16-7(5-18-8)10(11,12)13;/h5-6H,2-4H2,1H3,(H2,14,15);1H. The van der Waals surface area contributed by atoms with E-state index in [1.165, 1.54) is 0 Å². The summed E-state index contributed by atoms with van der Waals surface area (Å²) >= 11 is 0.942. The molecular formula is C10H14F3IN4S. The minimum atomic E-state index is -4.39. The maximum absolute atomic E-state index is 12.3. The molecule has 1 fully saturated rings. The highest BCUT2D eigenvalue weighted by molar-refractivity contribution is 14.0. The third-order valence-corrected chi connectivity index (χ3v) is 3.51. The lowest BCUT2D eigenvalue weighted by molar-refractivity contribution is -0.140. The van der Waals surface area contributed by atoms with Gasteiger partial charge in [-0.2, -0.15) is 13.2 Å². The number of guanidine groups is 1. The molecule has 0 atom stereocenters. The lowest BCUT2D eigenvalue weighted by atomic mass is 10.5. The Morgan fingerprint density at radius 1 is 1.58 bits per heavy atom. The van der Waals surface area contributed by atoms with Crippen LogP contribution in [0.25, 0.3) is 0 Å². The van der Waals surface area contributed by atoms with Crippen molar-refractivity contribution < 1.29 is 13.2 Å². The maximum Gasteiger partial charge on any atom is 0.434 e. The third-order valence-electron chi connectivity index (χ3n) is 2.67. The van der Waals surface area contributed by atoms with Crippen LogP contribution in [0.15, 0.2) is 10.4 Å². The van der Waals surface area contributed by atoms with Gasteiger partial charge in [-0.3, -0.25) is 0 Å². The molecule has 0 bridgehead atoms. The molecule has 0 aromatic carbocycles. The van der Waals surface area contributed by atoms with Crippen LogP contribution in [0.5, 0.6) is 0 Å². The predicted octanol–water partition coefficient (Wildman–Crippen LogP) is 2.69. The second-order valence-electron chi connectivity index (χ2n) is 4.14. The van der Waals surface area contributed by atoms with Crippen LogP contribution in [0.4, 0.5) is 13.2 Å². The molecule has 0 saturated heterocycles. The van der Waals surface area contributed by atoms with Crippen molar-refractivity contribution in [2.24, 2.45) is 10.7 Å². The average Bonchev–Trinajstić information content (AvgIpc) is 3.02. The number of thiazole rings is 1. The van der Waals surface area contributed by atoms with Gasteiger partial charge in [0, 0.05) is 18.5 Å². The molecule has 1 aromatic heterocycles. The van der Waals surface area contributed by atoms with Crippen LogP contribution in [0, 0.1) is 0 Å². The van der Waals surface area contributed by atoms with Crippen LogP contribution in [-0.4, -0.2) is 28.9 Å². The van der Waals surface area contributed by atoms with Crippen LogP contribution in [0.1, 0.15) is 23.5 Å². The second kappa shape index (κ2) is 6.25. The van der Waals surface area contributed by atoms with Gasteiger partial charge in [-0.15, -0.1) is 35.3 Å². The SMILES string of the molecule is CN(C(N)=NCc1nc(C(F)(F)F)cs1)C1CC1.I. The van der Waals surface area contributed by atoms with Crippen molar-refractivity contribution in [1.82, 2.24) is 9.88 Å². The van der Waals surface area contributed by atoms with Gasteiger partial charge in [-0.05, 0) is 12.8 Å². The number of aliphatic imine (C=N–C) groups is 1. The van der Waals surface area contributed by atoms with Gasteiger partial charge in [0.2, 0.25) is 0 Å². The first kappa shape index (κ1) is 16.5. The van der Waals surface area contributed by atoms with Gasteiger partial charge in [0.25, 0.3) is 0 Å². The van der Waals surface area contributed by atoms with E-state index in [1.54, 1.807) is 0 Å². The summed E-state index contributed by atoms with van der Waals surface area (Å²) in [5.74, 6) is 0.348. The fraction of sp³-hybridized carbons (Fsp3) is 0.600. The van der Waals surface area contributed by atoms with E-state index >= 15 is 0 Å². The Balaban J connectivity index is 0.00000180. The van der Waals surface area contributed by atoms with Gasteiger partial charge in [-0.25, -0.2) is 9.98 Å². The van der Waals surface area contributed by atoms with E-state index in [0.717, 1.165) is 29.6 Å². The Morgan fingerprint density at radius 3 is 2.68 bits per heavy atom. The summed E-state index contributed by atoms with van der Waals surface area (Å²) in [5.41, 5.74) is 4.86. The lowest BCUT2D eigenvalue weighted by Crippen LogP contribution is -2.35. The molecule has 2 N–H and O–H groups in total. The number of nitrogens with zero attached hydrogens (tertiary/aromatic N) is 3. The van der Waals surface area contributed by atoms with Gasteiger partial charge in [0.15, 0.2) is 11.7 Å². The largest absolute Gasteiger partial charge is 0.434 e. The van der Waals surface area contributed by atoms with Gasteiger partial charge >= 0.3 is 6.18 Å². The normalized spacial score (nSPS) is 16.1. The summed E-state index contributed by atoms with van der Waals surface area (Å²) in [6.07, 6.45) is -2.22. The molecule has 4 nitrogen and oxygen atoms in total. The number of nitrogens with two attached hydrogens (primary N) is 1. The first-order chi connectivity index (χ1) is 8.38. The molecule has 1 heterocycles. The molecule has 0 amide bonds. The molecule has 108 valence electrons. The number of hydrogen-bond acceptors (Lipinski definition) is 3. The number of rotatable bonds is 3. The molecule has 1 aromatic rings. The van der Waals surface area contributed by atoms with Crippen LogP contribution < -0.4 is 5.73 Å². The first-order valence-corrected chi connectivity index (χ1v) is 6.30. The van der Waals surface area contributed by atoms with Crippen LogP contribution in [0.3, 0.4) is 0 Å². The van der Waals surface area contributed by atoms with E-state index in [0.29, 0.717) is 17.0 Å². The Kier molecular flexibility index (Phi) is 5.42. The Morgan fingerprint density at radius 2 is 2.21 bits per heavy atom. The minimum absolute atomic E-state index is 0. The molecule has 0 unspecified atom stereocenters. The average molecular weight is 406 g/mol. The summed E-state index contributed by atoms with van der Waals surface area (Å²) in [4.78, 5) is 9.38. The number of aromatic nitrogens is 1. The second-order valence-corrected chi connectivity index (χ2v) is 5.08. The highest BCUT2D eigenvalue weighted by Gasteiger charge is 2.33. The van der Waals surface area contributed by atoms with E-state index in [9.17, 15) is 13.2 Å². The summed E-state index contributed by atoms with van der Waals surface area (Å²) in [6, 6.07) is 0.427. The van der Waals surface area contributed by atoms with E-state index < -0.39 is 11.9 Å². The van der Waals surface area contributed by atoms with Gasteiger partial charge < -0.3 is 10.6 Å². The zero-order valence-corrected chi connectivity index (χ0v) is 13.3. The van der Waals surface area contributed by atoms with E-state index in [2.05, 4.69) is 9.98 Å². The van der Waals surface area contributed by atoms with Crippen molar-refractivity contribution >= 4 is 41.3 Å². The van der Waals surface area contributed by atoms with Crippen LogP contribution in [0.2, 0.25) is 0 Å². The Labute approximate surface area is 129 Å². The smallest absolute Gasteiger partial charge is 0.370 e. The fourth-order valence-corrected chi connectivity index (χ4v) is 2.15. The van der Waals surface area contributed by atoms with Gasteiger partial charge in [0.05, 0.1) is 6.54 Å². The van der Waals surface area contributed by atoms with Crippen molar-refractivity contribution in [3.8, 4) is 0 Å². The quantitative estimate of drug-likeness (QED) is 0.477. The zero-order valence-electron chi connectivity index (χ0n) is 10.1. The van der Waals surface area contributed by atoms with Crippen molar-refractivity contribution in [3.05, 3.63) is 16.1 Å². The molecule has 9 heteroatoms. The summed E-state index contributed by atoms with van der Waals surface area (Å²) in [7, 11) is 1.83. The minimum Gasteiger partial charge on any atom is -0.370 e. The van der Waals surface area contributed by atoms with E-state index in [1.807, 2.05) is 11.9 Å². The monoisotopic (exact) mass is 406 g/mol. The van der Waals surface area contributed by atoms with Crippen molar-refractivity contribution in [3.63, 3.8) is 0 Å². The van der Waals surface area contributed by atoms with Crippen molar-refractivity contribution in [2.75, 3.05) is 7.05 Å². The molecule has 0 aliphatic heterocycles. The Hall–Kier alpha value is -0.580. The summed E-state index contributed by atoms with van der Waals surface area (Å²) in [6.45, 7) is 0.0869. The molecule has 2 rings (SSSR count). The molecule has 1 saturated carbocycles. The van der Waals surface area contributed by atoms with Gasteiger partial charge in [-0.1, -0.05) is 0 Å². The molecule has 0 spiro atoms. The number of hydrogen-bond donors (Lipinski definition) is 1. The molecule has 1 aliphatic rings. The maximum atomic E-state index is 12.3. The third kappa shape index (κ3) is 4.48. The zero-order chi connectivity index (χ0) is 13.3. The summed E-state index contributed by atoms with van der Waals surface area (Å²) in [5, 5.41) is 1.31. The van der Waals surface area contributed by atoms with E-state index in [4.69, 9.17) is 5.73 Å². The molecule has 0 radical (unpaired) electrons. The first-order valence-electron chi connectivity index (χ1n) is 5.42. The predicted molar refractivity (Wildman–Crippen MR) is 78.6 cm³/mol. The van der Waals surface area contributed by atoms with E-state index in [-0.39, 0.29) is 30.5 Å². The number of halogens is 4. The number of alkyl halides is 3. The van der Waals surface area contributed by atoms with Gasteiger partial charge in [0.1, 0.15) is 5.01 Å². The van der Waals surface area contributed by atoms with Crippen LogP contribution in [-0.2, 0) is 12.7 Å². The fourth-order valence-electron chi connectivity index (χ4n) is 1.42. The highest BCUT2D eigenvalue weighted by Crippen LogP contribution is 2.30. The van der Waals surface area contributed by atoms with Crippen LogP contribution >= 0.6 is 35.3 Å². The van der Waals surface area contributed by atoms with Crippen molar-refractivity contribution in [1.29, 1.82) is 0 Å². The summed E-state index contributed by atoms with van der Waals surface area (Å²) < 4.78 is 37.0. The molecule has 1 aliphatic carbocycles. The van der Waals surface area contributed by atoms with Crippen molar-refractivity contribution in [2.45, 2.75) is 31.6 Å².